The Balaban J connectivity index is 2.34. The molecule has 0 unspecified atom stereocenters. The molecule has 3 nitrogen and oxygen atoms in total. The van der Waals surface area contributed by atoms with Crippen molar-refractivity contribution < 1.29 is 9.15 Å². The summed E-state index contributed by atoms with van der Waals surface area (Å²) in [7, 11) is 0. The maximum atomic E-state index is 5.80. The first-order valence-electron chi connectivity index (χ1n) is 7.13. The Bertz CT molecular complexity index is 579. The second-order valence-electron chi connectivity index (χ2n) is 6.05. The van der Waals surface area contributed by atoms with Crippen molar-refractivity contribution in [1.82, 2.24) is 4.98 Å². The minimum absolute atomic E-state index is 0.0840. The van der Waals surface area contributed by atoms with Gasteiger partial charge in [-0.25, -0.2) is 4.98 Å². The van der Waals surface area contributed by atoms with E-state index < -0.39 is 0 Å². The summed E-state index contributed by atoms with van der Waals surface area (Å²) in [5.74, 6) is 2.50. The van der Waals surface area contributed by atoms with Crippen molar-refractivity contribution in [3.63, 3.8) is 0 Å². The molecule has 0 atom stereocenters. The first-order valence-corrected chi connectivity index (χ1v) is 7.13. The molecule has 0 fully saturated rings. The quantitative estimate of drug-likeness (QED) is 0.807. The molecule has 0 radical (unpaired) electrons. The minimum Gasteiger partial charge on any atom is -0.494 e. The van der Waals surface area contributed by atoms with Crippen LogP contribution in [0.3, 0.4) is 0 Å². The van der Waals surface area contributed by atoms with E-state index in [1.54, 1.807) is 0 Å². The number of ether oxygens (including phenoxy) is 1. The van der Waals surface area contributed by atoms with Gasteiger partial charge >= 0.3 is 0 Å². The lowest BCUT2D eigenvalue weighted by Gasteiger charge is -2.11. The fraction of sp³-hybridized carbons (Fsp3) is 0.471. The highest BCUT2D eigenvalue weighted by molar-refractivity contribution is 5.63. The average Bonchev–Trinajstić information content (AvgIpc) is 2.79. The Kier molecular flexibility index (Phi) is 4.17. The molecule has 1 heterocycles. The summed E-state index contributed by atoms with van der Waals surface area (Å²) in [5, 5.41) is 0. The second kappa shape index (κ2) is 5.70. The van der Waals surface area contributed by atoms with Gasteiger partial charge in [0.2, 0.25) is 0 Å². The van der Waals surface area contributed by atoms with Crippen molar-refractivity contribution >= 4 is 0 Å². The van der Waals surface area contributed by atoms with Crippen molar-refractivity contribution in [1.29, 1.82) is 0 Å². The molecule has 0 bridgehead atoms. The van der Waals surface area contributed by atoms with Crippen LogP contribution in [0.1, 0.15) is 45.8 Å². The van der Waals surface area contributed by atoms with Gasteiger partial charge in [0.25, 0.3) is 0 Å². The number of aryl methyl sites for hydroxylation is 1. The highest BCUT2D eigenvalue weighted by Crippen LogP contribution is 2.30. The normalized spacial score (nSPS) is 11.7. The van der Waals surface area contributed by atoms with Crippen LogP contribution >= 0.6 is 0 Å². The smallest absolute Gasteiger partial charge is 0.200 e. The Morgan fingerprint density at radius 1 is 1.25 bits per heavy atom. The lowest BCUT2D eigenvalue weighted by molar-refractivity contribution is 0.317. The van der Waals surface area contributed by atoms with Crippen molar-refractivity contribution in [2.24, 2.45) is 0 Å². The molecule has 2 rings (SSSR count). The highest BCUT2D eigenvalue weighted by atomic mass is 16.5. The van der Waals surface area contributed by atoms with Crippen molar-refractivity contribution in [3.8, 4) is 17.0 Å². The Morgan fingerprint density at radius 2 is 2.00 bits per heavy atom. The Morgan fingerprint density at radius 3 is 2.60 bits per heavy atom. The van der Waals surface area contributed by atoms with Gasteiger partial charge < -0.3 is 9.15 Å². The van der Waals surface area contributed by atoms with Crippen LogP contribution < -0.4 is 4.74 Å². The van der Waals surface area contributed by atoms with Crippen LogP contribution in [0.15, 0.2) is 28.7 Å². The van der Waals surface area contributed by atoms with E-state index in [0.717, 1.165) is 41.7 Å². The number of hydrogen-bond donors (Lipinski definition) is 0. The Hall–Kier alpha value is -1.77. The summed E-state index contributed by atoms with van der Waals surface area (Å²) in [5.41, 5.74) is 1.85. The molecule has 0 saturated carbocycles. The van der Waals surface area contributed by atoms with E-state index in [1.807, 2.05) is 31.2 Å². The maximum Gasteiger partial charge on any atom is 0.200 e. The Labute approximate surface area is 121 Å². The number of hydrogen-bond acceptors (Lipinski definition) is 3. The number of nitrogens with zero attached hydrogens (tertiary/aromatic N) is 1. The summed E-state index contributed by atoms with van der Waals surface area (Å²) in [6, 6.07) is 8.02. The highest BCUT2D eigenvalue weighted by Gasteiger charge is 2.22. The van der Waals surface area contributed by atoms with Gasteiger partial charge in [0.05, 0.1) is 6.61 Å². The summed E-state index contributed by atoms with van der Waals surface area (Å²) in [4.78, 5) is 4.65. The molecule has 1 aromatic carbocycles. The van der Waals surface area contributed by atoms with Gasteiger partial charge in [0, 0.05) is 11.0 Å². The molecule has 0 amide bonds. The van der Waals surface area contributed by atoms with E-state index in [2.05, 4.69) is 32.7 Å². The van der Waals surface area contributed by atoms with E-state index >= 15 is 0 Å². The van der Waals surface area contributed by atoms with Crippen LogP contribution in [0, 0.1) is 6.92 Å². The first-order chi connectivity index (χ1) is 9.41. The van der Waals surface area contributed by atoms with Crippen LogP contribution in [-0.2, 0) is 5.41 Å². The average molecular weight is 273 g/mol. The molecule has 0 aliphatic carbocycles. The van der Waals surface area contributed by atoms with Crippen LogP contribution in [0.25, 0.3) is 11.3 Å². The topological polar surface area (TPSA) is 35.3 Å². The standard InChI is InChI=1S/C17H23NO2/c1-6-10-19-14-9-7-8-13(11-14)15-12(2)20-16(18-15)17(3,4)5/h7-9,11H,6,10H2,1-5H3. The fourth-order valence-corrected chi connectivity index (χ4v) is 1.94. The number of rotatable bonds is 4. The lowest BCUT2D eigenvalue weighted by atomic mass is 9.97. The molecule has 0 aliphatic rings. The van der Waals surface area contributed by atoms with Gasteiger partial charge in [0.15, 0.2) is 5.89 Å². The minimum atomic E-state index is -0.0840. The maximum absolute atomic E-state index is 5.80. The predicted molar refractivity (Wildman–Crippen MR) is 81.2 cm³/mol. The molecule has 2 aromatic rings. The SMILES string of the molecule is CCCOc1cccc(-c2nc(C(C)(C)C)oc2C)c1. The molecular weight excluding hydrogens is 250 g/mol. The zero-order valence-electron chi connectivity index (χ0n) is 13.0. The van der Waals surface area contributed by atoms with Gasteiger partial charge in [0.1, 0.15) is 17.2 Å². The fourth-order valence-electron chi connectivity index (χ4n) is 1.94. The third kappa shape index (κ3) is 3.21. The van der Waals surface area contributed by atoms with Gasteiger partial charge in [-0.1, -0.05) is 39.8 Å². The monoisotopic (exact) mass is 273 g/mol. The van der Waals surface area contributed by atoms with Crippen molar-refractivity contribution in [2.45, 2.75) is 46.5 Å². The van der Waals surface area contributed by atoms with Crippen molar-refractivity contribution in [2.75, 3.05) is 6.61 Å². The van der Waals surface area contributed by atoms with Gasteiger partial charge in [-0.15, -0.1) is 0 Å². The van der Waals surface area contributed by atoms with E-state index in [4.69, 9.17) is 9.15 Å². The third-order valence-electron chi connectivity index (χ3n) is 3.02. The molecule has 0 aliphatic heterocycles. The molecule has 0 saturated heterocycles. The zero-order chi connectivity index (χ0) is 14.8. The summed E-state index contributed by atoms with van der Waals surface area (Å²) < 4.78 is 11.5. The van der Waals surface area contributed by atoms with E-state index in [0.29, 0.717) is 0 Å². The molecule has 3 heteroatoms. The van der Waals surface area contributed by atoms with Gasteiger partial charge in [-0.2, -0.15) is 0 Å². The third-order valence-corrected chi connectivity index (χ3v) is 3.02. The van der Waals surface area contributed by atoms with Crippen LogP contribution in [0.5, 0.6) is 5.75 Å². The first kappa shape index (κ1) is 14.6. The summed E-state index contributed by atoms with van der Waals surface area (Å²) in [6.07, 6.45) is 1.00. The van der Waals surface area contributed by atoms with Crippen molar-refractivity contribution in [3.05, 3.63) is 35.9 Å². The number of oxazole rings is 1. The van der Waals surface area contributed by atoms with Crippen LogP contribution in [0.4, 0.5) is 0 Å². The molecule has 0 N–H and O–H groups in total. The number of benzene rings is 1. The van der Waals surface area contributed by atoms with Crippen LogP contribution in [-0.4, -0.2) is 11.6 Å². The van der Waals surface area contributed by atoms with Gasteiger partial charge in [-0.05, 0) is 25.5 Å². The summed E-state index contributed by atoms with van der Waals surface area (Å²) in [6.45, 7) is 11.1. The molecule has 108 valence electrons. The summed E-state index contributed by atoms with van der Waals surface area (Å²) >= 11 is 0. The molecule has 0 spiro atoms. The molecular formula is C17H23NO2. The predicted octanol–water partition coefficient (Wildman–Crippen LogP) is 4.74. The van der Waals surface area contributed by atoms with E-state index in [-0.39, 0.29) is 5.41 Å². The van der Waals surface area contributed by atoms with Gasteiger partial charge in [-0.3, -0.25) is 0 Å². The van der Waals surface area contributed by atoms with E-state index in [9.17, 15) is 0 Å². The molecule has 20 heavy (non-hydrogen) atoms. The van der Waals surface area contributed by atoms with E-state index in [1.165, 1.54) is 0 Å². The lowest BCUT2D eigenvalue weighted by Crippen LogP contribution is -2.11. The largest absolute Gasteiger partial charge is 0.494 e. The molecule has 1 aromatic heterocycles. The second-order valence-corrected chi connectivity index (χ2v) is 6.05. The number of aromatic nitrogens is 1. The zero-order valence-corrected chi connectivity index (χ0v) is 13.0. The van der Waals surface area contributed by atoms with Crippen LogP contribution in [0.2, 0.25) is 0 Å².